The Labute approximate surface area is 304 Å². The summed E-state index contributed by atoms with van der Waals surface area (Å²) in [5.74, 6) is 1.34. The number of nitrogens with one attached hydrogen (secondary N) is 1. The third-order valence-electron chi connectivity index (χ3n) is 10.7. The smallest absolute Gasteiger partial charge is 0.322 e. The summed E-state index contributed by atoms with van der Waals surface area (Å²) in [6.07, 6.45) is 8.98. The first kappa shape index (κ1) is 36.2. The van der Waals surface area contributed by atoms with E-state index in [-0.39, 0.29) is 49.2 Å². The van der Waals surface area contributed by atoms with E-state index in [2.05, 4.69) is 50.9 Å². The van der Waals surface area contributed by atoms with Gasteiger partial charge in [-0.3, -0.25) is 9.59 Å². The average Bonchev–Trinajstić information content (AvgIpc) is 3.63. The SMILES string of the molecule is CC(C)CCN1CCC(c2ncc(C3S[C@@H](CC(=O)N4CCC(N5CCc6ccccc6NC5=O)CC4)C(=O)N3CCC(C)(C)C)s2)CC1.[HH].[HH]. The topological polar surface area (TPSA) is 89.1 Å². The van der Waals surface area contributed by atoms with Crippen molar-refractivity contribution in [2.75, 3.05) is 51.1 Å². The average molecular weight is 713 g/mol. The fraction of sp³-hybridized carbons (Fsp3) is 0.684. The number of urea groups is 1. The van der Waals surface area contributed by atoms with Crippen molar-refractivity contribution in [3.63, 3.8) is 0 Å². The highest BCUT2D eigenvalue weighted by molar-refractivity contribution is 8.01. The standard InChI is InChI=1S/C38H56N6O3S2.2H2/c1-26(2)10-17-41-18-11-28(12-19-41)34-39-25-32(48-34)36-44(23-16-38(3,4)5)35(46)31(49-36)24-33(45)42-20-14-29(15-21-42)43-22-13-27-8-6-7-9-30(27)40-37(43)47;;/h6-9,25-26,28-29,31,36H,10-24H2,1-5H3,(H,40,47);2*1H/t31-,36?;;/m0../s1. The fourth-order valence-corrected chi connectivity index (χ4v) is 10.3. The summed E-state index contributed by atoms with van der Waals surface area (Å²) in [5, 5.41) is 3.80. The highest BCUT2D eigenvalue weighted by atomic mass is 32.2. The number of nitrogens with zero attached hydrogens (tertiary/aromatic N) is 5. The summed E-state index contributed by atoms with van der Waals surface area (Å²) in [5.41, 5.74) is 2.15. The lowest BCUT2D eigenvalue weighted by Crippen LogP contribution is -2.50. The zero-order valence-electron chi connectivity index (χ0n) is 30.2. The van der Waals surface area contributed by atoms with E-state index in [4.69, 9.17) is 4.98 Å². The molecule has 272 valence electrons. The van der Waals surface area contributed by atoms with E-state index >= 15 is 0 Å². The summed E-state index contributed by atoms with van der Waals surface area (Å²) >= 11 is 3.42. The van der Waals surface area contributed by atoms with Crippen LogP contribution in [0.2, 0.25) is 0 Å². The number of amides is 4. The molecule has 3 fully saturated rings. The molecule has 0 spiro atoms. The van der Waals surface area contributed by atoms with Gasteiger partial charge in [0.2, 0.25) is 11.8 Å². The number of piperidine rings is 2. The van der Waals surface area contributed by atoms with Gasteiger partial charge in [0.05, 0.1) is 15.1 Å². The molecule has 11 heteroatoms. The van der Waals surface area contributed by atoms with E-state index in [1.165, 1.54) is 18.0 Å². The minimum absolute atomic E-state index is 0. The molecule has 1 N–H and O–H groups in total. The summed E-state index contributed by atoms with van der Waals surface area (Å²) in [7, 11) is 0. The Morgan fingerprint density at radius 1 is 1.02 bits per heavy atom. The number of hydrogen-bond donors (Lipinski definition) is 1. The minimum atomic E-state index is -0.389. The van der Waals surface area contributed by atoms with Crippen LogP contribution in [0.15, 0.2) is 30.5 Å². The Bertz CT molecular complexity index is 1470. The molecule has 5 heterocycles. The number of benzene rings is 1. The van der Waals surface area contributed by atoms with E-state index in [0.29, 0.717) is 32.1 Å². The second kappa shape index (κ2) is 15.7. The van der Waals surface area contributed by atoms with Gasteiger partial charge in [0, 0.05) is 59.3 Å². The third kappa shape index (κ3) is 9.00. The van der Waals surface area contributed by atoms with Crippen LogP contribution in [0.5, 0.6) is 0 Å². The molecule has 9 nitrogen and oxygen atoms in total. The lowest BCUT2D eigenvalue weighted by molar-refractivity contribution is -0.137. The van der Waals surface area contributed by atoms with Gasteiger partial charge >= 0.3 is 6.03 Å². The van der Waals surface area contributed by atoms with Crippen LogP contribution in [-0.2, 0) is 16.0 Å². The Hall–Kier alpha value is -2.63. The van der Waals surface area contributed by atoms with E-state index in [1.807, 2.05) is 39.1 Å². The maximum atomic E-state index is 14.0. The second-order valence-corrected chi connectivity index (χ2v) is 18.4. The highest BCUT2D eigenvalue weighted by Crippen LogP contribution is 2.47. The predicted octanol–water partition coefficient (Wildman–Crippen LogP) is 7.71. The molecule has 2 atom stereocenters. The van der Waals surface area contributed by atoms with E-state index in [9.17, 15) is 14.4 Å². The molecular weight excluding hydrogens is 653 g/mol. The van der Waals surface area contributed by atoms with Gasteiger partial charge in [0.25, 0.3) is 0 Å². The molecule has 2 aromatic rings. The van der Waals surface area contributed by atoms with Crippen LogP contribution in [0.3, 0.4) is 0 Å². The molecule has 6 rings (SSSR count). The van der Waals surface area contributed by atoms with Crippen LogP contribution in [-0.4, -0.2) is 99.5 Å². The van der Waals surface area contributed by atoms with Gasteiger partial charge < -0.3 is 24.9 Å². The Kier molecular flexibility index (Phi) is 11.6. The number of para-hydroxylation sites is 1. The van der Waals surface area contributed by atoms with Crippen molar-refractivity contribution < 1.29 is 17.2 Å². The van der Waals surface area contributed by atoms with Gasteiger partial charge in [0.15, 0.2) is 0 Å². The van der Waals surface area contributed by atoms with Gasteiger partial charge in [0.1, 0.15) is 5.37 Å². The molecule has 1 unspecified atom stereocenters. The van der Waals surface area contributed by atoms with Crippen LogP contribution >= 0.6 is 23.1 Å². The molecule has 0 bridgehead atoms. The molecule has 4 amide bonds. The highest BCUT2D eigenvalue weighted by Gasteiger charge is 2.44. The molecular formula is C38H60N6O3S2. The zero-order chi connectivity index (χ0) is 34.7. The summed E-state index contributed by atoms with van der Waals surface area (Å²) in [6.45, 7) is 17.2. The van der Waals surface area contributed by atoms with Gasteiger partial charge in [-0.05, 0) is 87.5 Å². The zero-order valence-corrected chi connectivity index (χ0v) is 31.8. The first-order valence-electron chi connectivity index (χ1n) is 18.5. The predicted molar refractivity (Wildman–Crippen MR) is 204 cm³/mol. The van der Waals surface area contributed by atoms with Gasteiger partial charge in [-0.15, -0.1) is 23.1 Å². The molecule has 0 saturated carbocycles. The van der Waals surface area contributed by atoms with E-state index in [0.717, 1.165) is 73.7 Å². The number of hydrogen-bond acceptors (Lipinski definition) is 7. The van der Waals surface area contributed by atoms with Gasteiger partial charge in [-0.2, -0.15) is 0 Å². The van der Waals surface area contributed by atoms with E-state index < -0.39 is 0 Å². The quantitative estimate of drug-likeness (QED) is 0.272. The molecule has 0 radical (unpaired) electrons. The largest absolute Gasteiger partial charge is 0.342 e. The Morgan fingerprint density at radius 3 is 2.47 bits per heavy atom. The summed E-state index contributed by atoms with van der Waals surface area (Å²) in [6, 6.07) is 8.05. The van der Waals surface area contributed by atoms with Crippen molar-refractivity contribution in [3.8, 4) is 0 Å². The van der Waals surface area contributed by atoms with Crippen LogP contribution in [0.25, 0.3) is 0 Å². The molecule has 49 heavy (non-hydrogen) atoms. The maximum absolute atomic E-state index is 14.0. The molecule has 1 aromatic heterocycles. The van der Waals surface area contributed by atoms with Crippen molar-refractivity contribution >= 4 is 46.6 Å². The van der Waals surface area contributed by atoms with Crippen molar-refractivity contribution in [1.29, 1.82) is 0 Å². The molecule has 4 aliphatic rings. The molecule has 4 aliphatic heterocycles. The van der Waals surface area contributed by atoms with Crippen LogP contribution in [0.1, 0.15) is 109 Å². The number of thioether (sulfide) groups is 1. The molecule has 0 aliphatic carbocycles. The third-order valence-corrected chi connectivity index (χ3v) is 13.6. The van der Waals surface area contributed by atoms with Crippen LogP contribution in [0.4, 0.5) is 10.5 Å². The summed E-state index contributed by atoms with van der Waals surface area (Å²) < 4.78 is 0. The number of carbonyl (C=O) groups is 3. The minimum Gasteiger partial charge on any atom is -0.342 e. The fourth-order valence-electron chi connectivity index (χ4n) is 7.53. The van der Waals surface area contributed by atoms with Crippen LogP contribution < -0.4 is 5.32 Å². The Morgan fingerprint density at radius 2 is 1.76 bits per heavy atom. The molecule has 3 saturated heterocycles. The first-order chi connectivity index (χ1) is 23.4. The van der Waals surface area contributed by atoms with Crippen LogP contribution in [0, 0.1) is 11.3 Å². The van der Waals surface area contributed by atoms with Crippen molar-refractivity contribution in [3.05, 3.63) is 45.9 Å². The summed E-state index contributed by atoms with van der Waals surface area (Å²) in [4.78, 5) is 55.3. The number of aromatic nitrogens is 1. The Balaban J connectivity index is 0.00000292. The first-order valence-corrected chi connectivity index (χ1v) is 20.3. The maximum Gasteiger partial charge on any atom is 0.322 e. The number of rotatable bonds is 10. The number of fused-ring (bicyclic) bond motifs is 1. The van der Waals surface area contributed by atoms with Crippen molar-refractivity contribution in [2.24, 2.45) is 11.3 Å². The van der Waals surface area contributed by atoms with E-state index in [1.54, 1.807) is 23.1 Å². The van der Waals surface area contributed by atoms with Gasteiger partial charge in [-0.25, -0.2) is 9.78 Å². The van der Waals surface area contributed by atoms with Crippen molar-refractivity contribution in [1.82, 2.24) is 24.6 Å². The monoisotopic (exact) mass is 712 g/mol. The lowest BCUT2D eigenvalue weighted by Gasteiger charge is -2.38. The lowest BCUT2D eigenvalue weighted by atomic mass is 9.92. The second-order valence-electron chi connectivity index (χ2n) is 16.1. The van der Waals surface area contributed by atoms with Gasteiger partial charge in [-0.1, -0.05) is 52.8 Å². The number of likely N-dealkylation sites (tertiary alicyclic amines) is 2. The molecule has 1 aromatic carbocycles. The van der Waals surface area contributed by atoms with Crippen molar-refractivity contribution in [2.45, 2.75) is 109 Å². The number of anilines is 1. The number of carbonyl (C=O) groups excluding carboxylic acids is 3. The normalized spacial score (nSPS) is 23.3. The number of thiazole rings is 1.